The lowest BCUT2D eigenvalue weighted by Gasteiger charge is -2.36. The summed E-state index contributed by atoms with van der Waals surface area (Å²) < 4.78 is 1.01. The Morgan fingerprint density at radius 3 is 2.48 bits per heavy atom. The van der Waals surface area contributed by atoms with Crippen LogP contribution in [0.25, 0.3) is 0 Å². The topological polar surface area (TPSA) is 39.6 Å². The number of pyridine rings is 1. The molecule has 1 N–H and O–H groups in total. The molecule has 5 heteroatoms. The Labute approximate surface area is 133 Å². The lowest BCUT2D eigenvalue weighted by Crippen LogP contribution is -2.45. The maximum atomic E-state index is 9.93. The molecule has 4 nitrogen and oxygen atoms in total. The number of phenolic OH excluding ortho intramolecular Hbond substituents is 1. The van der Waals surface area contributed by atoms with E-state index in [9.17, 15) is 5.11 Å². The maximum Gasteiger partial charge on any atom is 0.120 e. The Hall–Kier alpha value is -1.59. The van der Waals surface area contributed by atoms with Crippen molar-refractivity contribution in [2.75, 3.05) is 31.1 Å². The summed E-state index contributed by atoms with van der Waals surface area (Å²) in [6.07, 6.45) is 3.67. The molecular formula is C16H18BrN3O. The van der Waals surface area contributed by atoms with Gasteiger partial charge in [0.1, 0.15) is 5.75 Å². The normalized spacial score (nSPS) is 16.1. The molecule has 1 saturated heterocycles. The highest BCUT2D eigenvalue weighted by Crippen LogP contribution is 2.24. The van der Waals surface area contributed by atoms with Crippen LogP contribution in [0.15, 0.2) is 47.2 Å². The Kier molecular flexibility index (Phi) is 4.41. The van der Waals surface area contributed by atoms with Gasteiger partial charge in [-0.05, 0) is 30.3 Å². The third kappa shape index (κ3) is 3.54. The Bertz CT molecular complexity index is 598. The summed E-state index contributed by atoms with van der Waals surface area (Å²) in [6, 6.07) is 9.70. The van der Waals surface area contributed by atoms with Crippen molar-refractivity contribution in [2.24, 2.45) is 0 Å². The maximum absolute atomic E-state index is 9.93. The van der Waals surface area contributed by atoms with Crippen molar-refractivity contribution in [1.82, 2.24) is 9.88 Å². The molecule has 0 radical (unpaired) electrons. The number of hydrogen-bond donors (Lipinski definition) is 1. The first-order chi connectivity index (χ1) is 10.2. The minimum absolute atomic E-state index is 0.370. The zero-order chi connectivity index (χ0) is 14.7. The minimum Gasteiger partial charge on any atom is -0.508 e. The lowest BCUT2D eigenvalue weighted by molar-refractivity contribution is 0.246. The minimum atomic E-state index is 0.370. The van der Waals surface area contributed by atoms with E-state index < -0.39 is 0 Å². The summed E-state index contributed by atoms with van der Waals surface area (Å²) in [5, 5.41) is 9.93. The number of anilines is 1. The van der Waals surface area contributed by atoms with Crippen LogP contribution in [-0.4, -0.2) is 41.2 Å². The van der Waals surface area contributed by atoms with Crippen LogP contribution >= 0.6 is 15.9 Å². The van der Waals surface area contributed by atoms with E-state index in [0.29, 0.717) is 5.75 Å². The molecule has 0 atom stereocenters. The number of rotatable bonds is 3. The molecule has 2 aromatic rings. The number of benzene rings is 1. The molecule has 0 amide bonds. The van der Waals surface area contributed by atoms with E-state index in [1.165, 1.54) is 5.69 Å². The number of aromatic hydroxyl groups is 1. The van der Waals surface area contributed by atoms with Crippen molar-refractivity contribution in [3.63, 3.8) is 0 Å². The van der Waals surface area contributed by atoms with Crippen LogP contribution < -0.4 is 4.90 Å². The molecule has 1 aromatic carbocycles. The van der Waals surface area contributed by atoms with E-state index in [1.54, 1.807) is 6.07 Å². The molecule has 1 aromatic heterocycles. The molecule has 0 unspecified atom stereocenters. The van der Waals surface area contributed by atoms with Crippen LogP contribution in [0.1, 0.15) is 5.56 Å². The highest BCUT2D eigenvalue weighted by molar-refractivity contribution is 9.10. The fraction of sp³-hybridized carbons (Fsp3) is 0.312. The predicted molar refractivity (Wildman–Crippen MR) is 87.5 cm³/mol. The number of hydrogen-bond acceptors (Lipinski definition) is 4. The van der Waals surface area contributed by atoms with Gasteiger partial charge in [-0.1, -0.05) is 15.9 Å². The van der Waals surface area contributed by atoms with Crippen LogP contribution in [0.3, 0.4) is 0 Å². The van der Waals surface area contributed by atoms with Gasteiger partial charge < -0.3 is 10.0 Å². The highest BCUT2D eigenvalue weighted by atomic mass is 79.9. The first kappa shape index (κ1) is 14.4. The predicted octanol–water partition coefficient (Wildman–Crippen LogP) is 2.87. The third-order valence-corrected chi connectivity index (χ3v) is 4.33. The van der Waals surface area contributed by atoms with Gasteiger partial charge in [0.25, 0.3) is 0 Å². The molecule has 3 rings (SSSR count). The summed E-state index contributed by atoms with van der Waals surface area (Å²) in [6.45, 7) is 4.77. The van der Waals surface area contributed by atoms with Gasteiger partial charge in [0.2, 0.25) is 0 Å². The second-order valence-corrected chi connectivity index (χ2v) is 6.16. The molecular weight excluding hydrogens is 330 g/mol. The van der Waals surface area contributed by atoms with E-state index >= 15 is 0 Å². The molecule has 110 valence electrons. The molecule has 0 aliphatic carbocycles. The largest absolute Gasteiger partial charge is 0.508 e. The average molecular weight is 348 g/mol. The quantitative estimate of drug-likeness (QED) is 0.926. The number of aromatic nitrogens is 1. The molecule has 0 bridgehead atoms. The Morgan fingerprint density at radius 2 is 1.76 bits per heavy atom. The number of piperazine rings is 1. The van der Waals surface area contributed by atoms with Crippen LogP contribution in [0.4, 0.5) is 5.69 Å². The van der Waals surface area contributed by atoms with Gasteiger partial charge in [-0.15, -0.1) is 0 Å². The van der Waals surface area contributed by atoms with Crippen molar-refractivity contribution in [2.45, 2.75) is 6.54 Å². The van der Waals surface area contributed by atoms with Gasteiger partial charge in [0.15, 0.2) is 0 Å². The van der Waals surface area contributed by atoms with E-state index in [2.05, 4.69) is 42.8 Å². The van der Waals surface area contributed by atoms with Crippen LogP contribution in [0, 0.1) is 0 Å². The Balaban J connectivity index is 1.60. The summed E-state index contributed by atoms with van der Waals surface area (Å²) in [4.78, 5) is 8.81. The van der Waals surface area contributed by atoms with Gasteiger partial charge in [0, 0.05) is 60.8 Å². The summed E-state index contributed by atoms with van der Waals surface area (Å²) in [5.74, 6) is 0.370. The van der Waals surface area contributed by atoms with Gasteiger partial charge in [-0.2, -0.15) is 0 Å². The summed E-state index contributed by atoms with van der Waals surface area (Å²) in [7, 11) is 0. The van der Waals surface area contributed by atoms with Crippen molar-refractivity contribution in [3.05, 3.63) is 52.8 Å². The summed E-state index contributed by atoms with van der Waals surface area (Å²) >= 11 is 3.46. The number of nitrogens with zero attached hydrogens (tertiary/aromatic N) is 3. The Morgan fingerprint density at radius 1 is 1.05 bits per heavy atom. The summed E-state index contributed by atoms with van der Waals surface area (Å²) in [5.41, 5.74) is 2.21. The van der Waals surface area contributed by atoms with Crippen molar-refractivity contribution < 1.29 is 5.11 Å². The smallest absolute Gasteiger partial charge is 0.120 e. The van der Waals surface area contributed by atoms with E-state index in [-0.39, 0.29) is 0 Å². The molecule has 1 aliphatic heterocycles. The monoisotopic (exact) mass is 347 g/mol. The van der Waals surface area contributed by atoms with Crippen molar-refractivity contribution >= 4 is 21.6 Å². The molecule has 0 spiro atoms. The molecule has 21 heavy (non-hydrogen) atoms. The molecule has 2 heterocycles. The number of halogens is 1. The van der Waals surface area contributed by atoms with Crippen molar-refractivity contribution in [1.29, 1.82) is 0 Å². The number of phenols is 1. The highest BCUT2D eigenvalue weighted by Gasteiger charge is 2.18. The fourth-order valence-corrected chi connectivity index (χ4v) is 3.05. The SMILES string of the molecule is Oc1ccc(Br)cc1CN1CCN(c2ccncc2)CC1. The van der Waals surface area contributed by atoms with Gasteiger partial charge >= 0.3 is 0 Å². The first-order valence-corrected chi connectivity index (χ1v) is 7.86. The van der Waals surface area contributed by atoms with Gasteiger partial charge in [-0.25, -0.2) is 0 Å². The second-order valence-electron chi connectivity index (χ2n) is 5.24. The lowest BCUT2D eigenvalue weighted by atomic mass is 10.1. The second kappa shape index (κ2) is 6.45. The molecule has 0 saturated carbocycles. The molecule has 1 aliphatic rings. The zero-order valence-electron chi connectivity index (χ0n) is 11.7. The standard InChI is InChI=1S/C16H18BrN3O/c17-14-1-2-16(21)13(11-14)12-19-7-9-20(10-8-19)15-3-5-18-6-4-15/h1-6,11,21H,7-10,12H2. The molecule has 1 fully saturated rings. The van der Waals surface area contributed by atoms with E-state index in [4.69, 9.17) is 0 Å². The van der Waals surface area contributed by atoms with Crippen LogP contribution in [0.2, 0.25) is 0 Å². The average Bonchev–Trinajstić information content (AvgIpc) is 2.53. The van der Waals surface area contributed by atoms with E-state index in [1.807, 2.05) is 24.5 Å². The van der Waals surface area contributed by atoms with Gasteiger partial charge in [0.05, 0.1) is 0 Å². The van der Waals surface area contributed by atoms with Crippen LogP contribution in [-0.2, 0) is 6.54 Å². The van der Waals surface area contributed by atoms with Crippen molar-refractivity contribution in [3.8, 4) is 5.75 Å². The third-order valence-electron chi connectivity index (χ3n) is 3.84. The van der Waals surface area contributed by atoms with E-state index in [0.717, 1.165) is 42.8 Å². The fourth-order valence-electron chi connectivity index (χ4n) is 2.64. The first-order valence-electron chi connectivity index (χ1n) is 7.07. The van der Waals surface area contributed by atoms with Crippen LogP contribution in [0.5, 0.6) is 5.75 Å². The van der Waals surface area contributed by atoms with Gasteiger partial charge in [-0.3, -0.25) is 9.88 Å². The zero-order valence-corrected chi connectivity index (χ0v) is 13.3.